The first-order valence-electron chi connectivity index (χ1n) is 10.4. The summed E-state index contributed by atoms with van der Waals surface area (Å²) in [5.74, 6) is 0.246. The molecule has 0 aliphatic carbocycles. The molecule has 166 valence electrons. The third-order valence-electron chi connectivity index (χ3n) is 5.24. The highest BCUT2D eigenvalue weighted by Gasteiger charge is 2.15. The fourth-order valence-electron chi connectivity index (χ4n) is 3.56. The van der Waals surface area contributed by atoms with Gasteiger partial charge in [-0.2, -0.15) is 5.10 Å². The van der Waals surface area contributed by atoms with Crippen molar-refractivity contribution in [3.8, 4) is 28.5 Å². The number of phenols is 2. The van der Waals surface area contributed by atoms with Gasteiger partial charge in [-0.25, -0.2) is 10.4 Å². The van der Waals surface area contributed by atoms with Gasteiger partial charge >= 0.3 is 0 Å². The average molecular weight is 441 g/mol. The van der Waals surface area contributed by atoms with Crippen LogP contribution in [0.5, 0.6) is 17.2 Å². The molecule has 1 heterocycles. The quantitative estimate of drug-likeness (QED) is 0.225. The van der Waals surface area contributed by atoms with Gasteiger partial charge in [0.1, 0.15) is 17.2 Å². The number of benzene rings is 3. The zero-order valence-corrected chi connectivity index (χ0v) is 18.2. The number of phenolic OH excluding ortho intramolecular Hbond substituents is 2. The molecule has 7 heteroatoms. The van der Waals surface area contributed by atoms with Crippen LogP contribution in [0.1, 0.15) is 29.3 Å². The molecule has 33 heavy (non-hydrogen) atoms. The minimum Gasteiger partial charge on any atom is -0.508 e. The maximum Gasteiger partial charge on any atom is 0.272 e. The number of rotatable bonds is 6. The summed E-state index contributed by atoms with van der Waals surface area (Å²) in [6, 6.07) is 20.8. The molecule has 1 aromatic heterocycles. The van der Waals surface area contributed by atoms with Crippen molar-refractivity contribution in [2.75, 3.05) is 7.11 Å². The van der Waals surface area contributed by atoms with Gasteiger partial charge < -0.3 is 14.9 Å². The molecule has 0 spiro atoms. The van der Waals surface area contributed by atoms with Gasteiger partial charge in [0.2, 0.25) is 0 Å². The second-order valence-electron chi connectivity index (χ2n) is 7.36. The van der Waals surface area contributed by atoms with Crippen molar-refractivity contribution >= 4 is 22.5 Å². The van der Waals surface area contributed by atoms with Crippen molar-refractivity contribution in [1.82, 2.24) is 10.4 Å². The summed E-state index contributed by atoms with van der Waals surface area (Å²) < 4.78 is 5.32. The van der Waals surface area contributed by atoms with E-state index in [-0.39, 0.29) is 11.5 Å². The maximum absolute atomic E-state index is 13.2. The summed E-state index contributed by atoms with van der Waals surface area (Å²) in [5.41, 5.74) is 5.91. The number of nitrogens with zero attached hydrogens (tertiary/aromatic N) is 2. The molecule has 0 bridgehead atoms. The van der Waals surface area contributed by atoms with E-state index in [0.29, 0.717) is 45.6 Å². The number of hydrogen-bond acceptors (Lipinski definition) is 6. The largest absolute Gasteiger partial charge is 0.508 e. The summed E-state index contributed by atoms with van der Waals surface area (Å²) in [7, 11) is 1.60. The zero-order chi connectivity index (χ0) is 23.4. The van der Waals surface area contributed by atoms with Gasteiger partial charge in [-0.3, -0.25) is 4.79 Å². The Hall–Kier alpha value is -4.39. The van der Waals surface area contributed by atoms with Crippen LogP contribution in [0, 0.1) is 0 Å². The summed E-state index contributed by atoms with van der Waals surface area (Å²) in [4.78, 5) is 17.9. The number of para-hydroxylation sites is 1. The minimum absolute atomic E-state index is 0.00154. The van der Waals surface area contributed by atoms with Crippen molar-refractivity contribution in [2.45, 2.75) is 13.3 Å². The first kappa shape index (κ1) is 21.8. The molecule has 0 fully saturated rings. The molecule has 4 aromatic rings. The van der Waals surface area contributed by atoms with Crippen LogP contribution in [-0.2, 0) is 0 Å². The van der Waals surface area contributed by atoms with Gasteiger partial charge in [-0.15, -0.1) is 0 Å². The Kier molecular flexibility index (Phi) is 6.22. The first-order valence-corrected chi connectivity index (χ1v) is 10.4. The fraction of sp³-hybridized carbons (Fsp3) is 0.115. The molecule has 0 aliphatic heterocycles. The van der Waals surface area contributed by atoms with E-state index in [2.05, 4.69) is 10.5 Å². The summed E-state index contributed by atoms with van der Waals surface area (Å²) in [6.45, 7) is 1.84. The van der Waals surface area contributed by atoms with E-state index in [9.17, 15) is 15.0 Å². The molecule has 4 rings (SSSR count). The molecule has 3 aromatic carbocycles. The second-order valence-corrected chi connectivity index (χ2v) is 7.36. The van der Waals surface area contributed by atoms with E-state index in [1.54, 1.807) is 13.2 Å². The lowest BCUT2D eigenvalue weighted by Gasteiger charge is -2.11. The number of amides is 1. The molecule has 7 nitrogen and oxygen atoms in total. The predicted molar refractivity (Wildman–Crippen MR) is 128 cm³/mol. The Bertz CT molecular complexity index is 1370. The van der Waals surface area contributed by atoms with Gasteiger partial charge in [0.05, 0.1) is 29.6 Å². The summed E-state index contributed by atoms with van der Waals surface area (Å²) in [5, 5.41) is 24.8. The Balaban J connectivity index is 1.74. The highest BCUT2D eigenvalue weighted by atomic mass is 16.5. The number of nitrogens with one attached hydrogen (secondary N) is 1. The number of aromatic nitrogens is 1. The molecular formula is C26H23N3O4. The highest BCUT2D eigenvalue weighted by molar-refractivity contribution is 6.08. The molecule has 0 saturated heterocycles. The molecule has 0 saturated carbocycles. The predicted octanol–water partition coefficient (Wildman–Crippen LogP) is 4.87. The average Bonchev–Trinajstić information content (AvgIpc) is 2.85. The van der Waals surface area contributed by atoms with Gasteiger partial charge in [-0.05, 0) is 48.9 Å². The van der Waals surface area contributed by atoms with Crippen LogP contribution >= 0.6 is 0 Å². The van der Waals surface area contributed by atoms with E-state index < -0.39 is 5.91 Å². The van der Waals surface area contributed by atoms with E-state index >= 15 is 0 Å². The van der Waals surface area contributed by atoms with Crippen molar-refractivity contribution in [3.63, 3.8) is 0 Å². The Labute approximate surface area is 191 Å². The zero-order valence-electron chi connectivity index (χ0n) is 18.2. The van der Waals surface area contributed by atoms with Crippen molar-refractivity contribution in [2.24, 2.45) is 5.10 Å². The van der Waals surface area contributed by atoms with Crippen LogP contribution in [-0.4, -0.2) is 33.9 Å². The third-order valence-corrected chi connectivity index (χ3v) is 5.24. The molecule has 0 radical (unpaired) electrons. The number of aromatic hydroxyl groups is 2. The van der Waals surface area contributed by atoms with Crippen LogP contribution in [0.4, 0.5) is 0 Å². The monoisotopic (exact) mass is 441 g/mol. The Morgan fingerprint density at radius 2 is 1.82 bits per heavy atom. The lowest BCUT2D eigenvalue weighted by Crippen LogP contribution is -2.20. The van der Waals surface area contributed by atoms with Crippen molar-refractivity contribution < 1.29 is 19.7 Å². The van der Waals surface area contributed by atoms with E-state index in [1.165, 1.54) is 18.2 Å². The Morgan fingerprint density at radius 1 is 1.00 bits per heavy atom. The SMILES string of the molecule is CCC(=NNC(=O)c1cc(-c2cccc(OC)c2)nc2ccccc12)c1cc(O)ccc1O. The lowest BCUT2D eigenvalue weighted by atomic mass is 10.0. The number of ether oxygens (including phenoxy) is 1. The normalized spacial score (nSPS) is 11.4. The number of hydrazone groups is 1. The van der Waals surface area contributed by atoms with Crippen molar-refractivity contribution in [1.29, 1.82) is 0 Å². The molecular weight excluding hydrogens is 418 g/mol. The molecule has 3 N–H and O–H groups in total. The van der Waals surface area contributed by atoms with Crippen LogP contribution in [0.15, 0.2) is 77.9 Å². The minimum atomic E-state index is -0.414. The maximum atomic E-state index is 13.2. The van der Waals surface area contributed by atoms with Gasteiger partial charge in [0, 0.05) is 16.5 Å². The third kappa shape index (κ3) is 4.62. The summed E-state index contributed by atoms with van der Waals surface area (Å²) >= 11 is 0. The fourth-order valence-corrected chi connectivity index (χ4v) is 3.56. The van der Waals surface area contributed by atoms with E-state index in [0.717, 1.165) is 5.56 Å². The number of fused-ring (bicyclic) bond motifs is 1. The van der Waals surface area contributed by atoms with Crippen molar-refractivity contribution in [3.05, 3.63) is 83.9 Å². The molecule has 0 unspecified atom stereocenters. The Morgan fingerprint density at radius 3 is 2.61 bits per heavy atom. The number of pyridine rings is 1. The van der Waals surface area contributed by atoms with Gasteiger partial charge in [0.15, 0.2) is 0 Å². The van der Waals surface area contributed by atoms with Crippen LogP contribution in [0.3, 0.4) is 0 Å². The van der Waals surface area contributed by atoms with E-state index in [4.69, 9.17) is 9.72 Å². The van der Waals surface area contributed by atoms with Crippen LogP contribution < -0.4 is 10.2 Å². The lowest BCUT2D eigenvalue weighted by molar-refractivity contribution is 0.0956. The van der Waals surface area contributed by atoms with Crippen LogP contribution in [0.2, 0.25) is 0 Å². The number of carbonyl (C=O) groups is 1. The number of methoxy groups -OCH3 is 1. The van der Waals surface area contributed by atoms with Crippen LogP contribution in [0.25, 0.3) is 22.2 Å². The summed E-state index contributed by atoms with van der Waals surface area (Å²) in [6.07, 6.45) is 0.434. The smallest absolute Gasteiger partial charge is 0.272 e. The molecule has 0 atom stereocenters. The molecule has 0 aliphatic rings. The first-order chi connectivity index (χ1) is 16.0. The van der Waals surface area contributed by atoms with Gasteiger partial charge in [-0.1, -0.05) is 37.3 Å². The van der Waals surface area contributed by atoms with E-state index in [1.807, 2.05) is 55.5 Å². The standard InChI is InChI=1S/C26H23N3O4/c1-3-22(21-14-17(30)11-12-25(21)31)28-29-26(32)20-15-24(16-7-6-8-18(13-16)33-2)27-23-10-5-4-9-19(20)23/h4-15,30-31H,3H2,1-2H3,(H,29,32). The molecule has 1 amide bonds. The van der Waals surface area contributed by atoms with Gasteiger partial charge in [0.25, 0.3) is 5.91 Å². The highest BCUT2D eigenvalue weighted by Crippen LogP contribution is 2.28. The number of carbonyl (C=O) groups excluding carboxylic acids is 1. The second kappa shape index (κ2) is 9.40. The topological polar surface area (TPSA) is 104 Å². The number of hydrogen-bond donors (Lipinski definition) is 3.